The maximum absolute atomic E-state index is 6.10. The van der Waals surface area contributed by atoms with Crippen LogP contribution in [0.4, 0.5) is 5.69 Å². The minimum atomic E-state index is 0.568. The maximum Gasteiger partial charge on any atom is 0.120 e. The lowest BCUT2D eigenvalue weighted by Gasteiger charge is -2.13. The number of H-pyrrole nitrogens is 1. The van der Waals surface area contributed by atoms with Gasteiger partial charge in [-0.25, -0.2) is 0 Å². The summed E-state index contributed by atoms with van der Waals surface area (Å²) in [7, 11) is 4.13. The summed E-state index contributed by atoms with van der Waals surface area (Å²) in [5, 5.41) is 1.23. The van der Waals surface area contributed by atoms with Crippen molar-refractivity contribution in [2.24, 2.45) is 5.73 Å². The van der Waals surface area contributed by atoms with Gasteiger partial charge in [0.05, 0.1) is 0 Å². The van der Waals surface area contributed by atoms with E-state index in [-0.39, 0.29) is 0 Å². The monoisotopic (exact) mass is 413 g/mol. The van der Waals surface area contributed by atoms with E-state index in [0.29, 0.717) is 6.61 Å². The van der Waals surface area contributed by atoms with E-state index in [1.807, 2.05) is 24.3 Å². The molecule has 0 saturated carbocycles. The van der Waals surface area contributed by atoms with Gasteiger partial charge in [-0.3, -0.25) is 0 Å². The molecule has 4 rings (SSSR count). The highest BCUT2D eigenvalue weighted by Crippen LogP contribution is 2.34. The van der Waals surface area contributed by atoms with Crippen LogP contribution in [0.15, 0.2) is 72.8 Å². The Kier molecular flexibility index (Phi) is 6.58. The SMILES string of the molecule is CN(C)c1ccc(-c2[nH]c3ccc(OCc4ccccc4)cc3c2CCCCN)cc1. The molecule has 4 aromatic rings. The molecule has 4 heteroatoms. The van der Waals surface area contributed by atoms with Gasteiger partial charge in [-0.15, -0.1) is 0 Å². The molecule has 31 heavy (non-hydrogen) atoms. The summed E-state index contributed by atoms with van der Waals surface area (Å²) in [6.45, 7) is 1.29. The third-order valence-electron chi connectivity index (χ3n) is 5.68. The number of rotatable bonds is 9. The summed E-state index contributed by atoms with van der Waals surface area (Å²) in [4.78, 5) is 5.78. The van der Waals surface area contributed by atoms with Crippen LogP contribution in [0.3, 0.4) is 0 Å². The quantitative estimate of drug-likeness (QED) is 0.343. The molecule has 0 aliphatic heterocycles. The summed E-state index contributed by atoms with van der Waals surface area (Å²) < 4.78 is 6.10. The Morgan fingerprint density at radius 1 is 0.903 bits per heavy atom. The van der Waals surface area contributed by atoms with E-state index < -0.39 is 0 Å². The number of aromatic nitrogens is 1. The van der Waals surface area contributed by atoms with E-state index in [9.17, 15) is 0 Å². The van der Waals surface area contributed by atoms with Crippen LogP contribution in [0, 0.1) is 0 Å². The smallest absolute Gasteiger partial charge is 0.120 e. The maximum atomic E-state index is 6.10. The summed E-state index contributed by atoms with van der Waals surface area (Å²) in [5.41, 5.74) is 13.0. The van der Waals surface area contributed by atoms with Crippen LogP contribution in [-0.2, 0) is 13.0 Å². The van der Waals surface area contributed by atoms with Crippen molar-refractivity contribution in [2.75, 3.05) is 25.5 Å². The number of nitrogens with zero attached hydrogens (tertiary/aromatic N) is 1. The van der Waals surface area contributed by atoms with Gasteiger partial charge < -0.3 is 20.4 Å². The van der Waals surface area contributed by atoms with Gasteiger partial charge in [0.1, 0.15) is 12.4 Å². The highest BCUT2D eigenvalue weighted by molar-refractivity contribution is 5.92. The predicted molar refractivity (Wildman–Crippen MR) is 131 cm³/mol. The molecule has 4 nitrogen and oxygen atoms in total. The van der Waals surface area contributed by atoms with Gasteiger partial charge in [-0.1, -0.05) is 42.5 Å². The normalized spacial score (nSPS) is 11.1. The van der Waals surface area contributed by atoms with E-state index in [1.54, 1.807) is 0 Å². The third-order valence-corrected chi connectivity index (χ3v) is 5.68. The van der Waals surface area contributed by atoms with E-state index in [4.69, 9.17) is 10.5 Å². The molecule has 3 aromatic carbocycles. The van der Waals surface area contributed by atoms with E-state index in [1.165, 1.54) is 33.5 Å². The number of nitrogens with one attached hydrogen (secondary N) is 1. The second kappa shape index (κ2) is 9.71. The number of unbranched alkanes of at least 4 members (excludes halogenated alkanes) is 1. The molecule has 160 valence electrons. The van der Waals surface area contributed by atoms with Crippen molar-refractivity contribution < 1.29 is 4.74 Å². The highest BCUT2D eigenvalue weighted by atomic mass is 16.5. The summed E-state index contributed by atoms with van der Waals surface area (Å²) in [5.74, 6) is 0.893. The Labute approximate surface area is 184 Å². The fraction of sp³-hybridized carbons (Fsp3) is 0.259. The molecule has 1 heterocycles. The number of hydrogen-bond acceptors (Lipinski definition) is 3. The number of anilines is 1. The number of nitrogens with two attached hydrogens (primary N) is 1. The molecule has 0 fully saturated rings. The van der Waals surface area contributed by atoms with Crippen molar-refractivity contribution in [3.63, 3.8) is 0 Å². The average molecular weight is 414 g/mol. The molecule has 0 aliphatic rings. The van der Waals surface area contributed by atoms with Crippen LogP contribution >= 0.6 is 0 Å². The van der Waals surface area contributed by atoms with Crippen LogP contribution in [0.2, 0.25) is 0 Å². The Bertz CT molecular complexity index is 1110. The first-order valence-electron chi connectivity index (χ1n) is 10.9. The Balaban J connectivity index is 1.67. The van der Waals surface area contributed by atoms with Gasteiger partial charge in [0.15, 0.2) is 0 Å². The third kappa shape index (κ3) is 4.92. The Morgan fingerprint density at radius 3 is 2.39 bits per heavy atom. The second-order valence-electron chi connectivity index (χ2n) is 8.15. The number of hydrogen-bond donors (Lipinski definition) is 2. The number of aryl methyl sites for hydroxylation is 1. The van der Waals surface area contributed by atoms with Gasteiger partial charge in [0, 0.05) is 36.4 Å². The Hall–Kier alpha value is -3.24. The molecule has 0 radical (unpaired) electrons. The van der Waals surface area contributed by atoms with Crippen LogP contribution in [0.5, 0.6) is 5.75 Å². The standard InChI is InChI=1S/C27H31N3O/c1-30(2)22-13-11-21(12-14-22)27-24(10-6-7-17-28)25-18-23(15-16-26(25)29-27)31-19-20-8-4-3-5-9-20/h3-5,8-9,11-16,18,29H,6-7,10,17,19,28H2,1-2H3. The first-order chi connectivity index (χ1) is 15.2. The van der Waals surface area contributed by atoms with Crippen molar-refractivity contribution in [1.29, 1.82) is 0 Å². The minimum Gasteiger partial charge on any atom is -0.489 e. The summed E-state index contributed by atoms with van der Waals surface area (Å²) in [6.07, 6.45) is 3.08. The Morgan fingerprint density at radius 2 is 1.68 bits per heavy atom. The first kappa shape index (κ1) is 21.0. The molecule has 0 atom stereocenters. The summed E-state index contributed by atoms with van der Waals surface area (Å²) >= 11 is 0. The number of fused-ring (bicyclic) bond motifs is 1. The average Bonchev–Trinajstić information content (AvgIpc) is 3.16. The topological polar surface area (TPSA) is 54.3 Å². The van der Waals surface area contributed by atoms with E-state index >= 15 is 0 Å². The van der Waals surface area contributed by atoms with Gasteiger partial charge in [-0.05, 0) is 72.8 Å². The lowest BCUT2D eigenvalue weighted by atomic mass is 10.00. The van der Waals surface area contributed by atoms with Crippen molar-refractivity contribution in [3.05, 3.63) is 83.9 Å². The van der Waals surface area contributed by atoms with Crippen LogP contribution < -0.4 is 15.4 Å². The van der Waals surface area contributed by atoms with Gasteiger partial charge >= 0.3 is 0 Å². The number of aromatic amines is 1. The lowest BCUT2D eigenvalue weighted by Crippen LogP contribution is -2.07. The fourth-order valence-electron chi connectivity index (χ4n) is 3.94. The largest absolute Gasteiger partial charge is 0.489 e. The van der Waals surface area contributed by atoms with Crippen LogP contribution in [-0.4, -0.2) is 25.6 Å². The molecule has 0 spiro atoms. The van der Waals surface area contributed by atoms with Crippen molar-refractivity contribution in [3.8, 4) is 17.0 Å². The van der Waals surface area contributed by atoms with E-state index in [2.05, 4.69) is 72.5 Å². The molecule has 3 N–H and O–H groups in total. The van der Waals surface area contributed by atoms with Crippen LogP contribution in [0.25, 0.3) is 22.2 Å². The molecular formula is C27H31N3O. The molecule has 0 bridgehead atoms. The molecule has 1 aromatic heterocycles. The molecule has 0 saturated heterocycles. The predicted octanol–water partition coefficient (Wildman–Crippen LogP) is 5.76. The van der Waals surface area contributed by atoms with Crippen LogP contribution in [0.1, 0.15) is 24.0 Å². The van der Waals surface area contributed by atoms with E-state index in [0.717, 1.165) is 37.1 Å². The van der Waals surface area contributed by atoms with Crippen molar-refractivity contribution >= 4 is 16.6 Å². The second-order valence-corrected chi connectivity index (χ2v) is 8.15. The zero-order chi connectivity index (χ0) is 21.6. The number of ether oxygens (including phenoxy) is 1. The van der Waals surface area contributed by atoms with Gasteiger partial charge in [0.25, 0.3) is 0 Å². The van der Waals surface area contributed by atoms with Crippen molar-refractivity contribution in [1.82, 2.24) is 4.98 Å². The first-order valence-corrected chi connectivity index (χ1v) is 10.9. The zero-order valence-corrected chi connectivity index (χ0v) is 18.4. The van der Waals surface area contributed by atoms with Gasteiger partial charge in [-0.2, -0.15) is 0 Å². The summed E-state index contributed by atoms with van der Waals surface area (Å²) in [6, 6.07) is 25.3. The number of benzene rings is 3. The molecular weight excluding hydrogens is 382 g/mol. The van der Waals surface area contributed by atoms with Gasteiger partial charge in [0.2, 0.25) is 0 Å². The molecule has 0 aliphatic carbocycles. The lowest BCUT2D eigenvalue weighted by molar-refractivity contribution is 0.306. The van der Waals surface area contributed by atoms with Crippen molar-refractivity contribution in [2.45, 2.75) is 25.9 Å². The minimum absolute atomic E-state index is 0.568. The zero-order valence-electron chi connectivity index (χ0n) is 18.4. The molecule has 0 amide bonds. The molecule has 0 unspecified atom stereocenters. The fourth-order valence-corrected chi connectivity index (χ4v) is 3.94. The highest BCUT2D eigenvalue weighted by Gasteiger charge is 2.14.